The summed E-state index contributed by atoms with van der Waals surface area (Å²) in [4.78, 5) is 28.4. The summed E-state index contributed by atoms with van der Waals surface area (Å²) < 4.78 is 69.0. The quantitative estimate of drug-likeness (QED) is 0.288. The first-order valence-electron chi connectivity index (χ1n) is 13.1. The molecule has 42 heavy (non-hydrogen) atoms. The molecule has 0 saturated carbocycles. The molecule has 7 nitrogen and oxygen atoms in total. The van der Waals surface area contributed by atoms with Crippen LogP contribution in [0.15, 0.2) is 83.8 Å². The van der Waals surface area contributed by atoms with Crippen molar-refractivity contribution in [3.8, 4) is 0 Å². The molecule has 0 aliphatic carbocycles. The largest absolute Gasteiger partial charge is 0.416 e. The number of halogens is 4. The first-order valence-corrected chi connectivity index (χ1v) is 15.0. The molecule has 3 aromatic rings. The number of carbonyl (C=O) groups excluding carboxylic acids is 2. The van der Waals surface area contributed by atoms with Gasteiger partial charge in [0, 0.05) is 17.1 Å². The summed E-state index contributed by atoms with van der Waals surface area (Å²) >= 11 is 6.02. The van der Waals surface area contributed by atoms with E-state index in [9.17, 15) is 31.2 Å². The van der Waals surface area contributed by atoms with Gasteiger partial charge in [0.2, 0.25) is 11.8 Å². The first-order chi connectivity index (χ1) is 19.5. The van der Waals surface area contributed by atoms with Crippen molar-refractivity contribution in [1.29, 1.82) is 0 Å². The van der Waals surface area contributed by atoms with Crippen molar-refractivity contribution in [3.63, 3.8) is 0 Å². The lowest BCUT2D eigenvalue weighted by Crippen LogP contribution is -2.55. The number of hydrogen-bond donors (Lipinski definition) is 1. The fourth-order valence-electron chi connectivity index (χ4n) is 4.24. The van der Waals surface area contributed by atoms with Crippen LogP contribution in [-0.4, -0.2) is 43.3 Å². The maximum Gasteiger partial charge on any atom is 0.416 e. The second-order valence-corrected chi connectivity index (χ2v) is 13.0. The van der Waals surface area contributed by atoms with E-state index in [1.165, 1.54) is 35.2 Å². The smallest absolute Gasteiger partial charge is 0.350 e. The molecule has 0 heterocycles. The van der Waals surface area contributed by atoms with Crippen molar-refractivity contribution in [3.05, 3.63) is 95.0 Å². The number of hydrogen-bond acceptors (Lipinski definition) is 4. The number of rotatable bonds is 10. The van der Waals surface area contributed by atoms with Crippen LogP contribution in [0.25, 0.3) is 0 Å². The van der Waals surface area contributed by atoms with Crippen LogP contribution in [0.1, 0.15) is 45.2 Å². The average molecular weight is 624 g/mol. The molecule has 0 aromatic heterocycles. The molecule has 0 spiro atoms. The Morgan fingerprint density at radius 3 is 2.10 bits per heavy atom. The lowest BCUT2D eigenvalue weighted by Gasteiger charge is -2.35. The van der Waals surface area contributed by atoms with Crippen molar-refractivity contribution in [2.75, 3.05) is 10.8 Å². The molecule has 0 unspecified atom stereocenters. The van der Waals surface area contributed by atoms with Crippen LogP contribution < -0.4 is 9.62 Å². The van der Waals surface area contributed by atoms with Gasteiger partial charge in [0.25, 0.3) is 10.0 Å². The van der Waals surface area contributed by atoms with Gasteiger partial charge in [0.15, 0.2) is 0 Å². The maximum absolute atomic E-state index is 14.0. The van der Waals surface area contributed by atoms with Gasteiger partial charge in [0.1, 0.15) is 12.6 Å². The standard InChI is InChI=1S/C30H33ClF3N3O4S/c1-5-26(28(39)35-29(2,3)4)36(19-21-14-16-23(31)17-15-21)27(38)20-37(42(40,41)25-12-7-6-8-13-25)24-11-9-10-22(18-24)30(32,33)34/h6-18,26H,5,19-20H2,1-4H3,(H,35,39)/t26-/m1/s1. The summed E-state index contributed by atoms with van der Waals surface area (Å²) in [6, 6.07) is 16.4. The highest BCUT2D eigenvalue weighted by Crippen LogP contribution is 2.33. The van der Waals surface area contributed by atoms with Gasteiger partial charge in [-0.05, 0) is 75.2 Å². The van der Waals surface area contributed by atoms with E-state index in [1.807, 2.05) is 0 Å². The average Bonchev–Trinajstić information content (AvgIpc) is 2.91. The van der Waals surface area contributed by atoms with E-state index < -0.39 is 51.7 Å². The molecule has 1 N–H and O–H groups in total. The second-order valence-electron chi connectivity index (χ2n) is 10.7. The summed E-state index contributed by atoms with van der Waals surface area (Å²) in [5.74, 6) is -1.23. The van der Waals surface area contributed by atoms with Crippen LogP contribution in [0.5, 0.6) is 0 Å². The second kappa shape index (κ2) is 13.2. The van der Waals surface area contributed by atoms with Crippen LogP contribution in [0.3, 0.4) is 0 Å². The third-order valence-corrected chi connectivity index (χ3v) is 8.26. The van der Waals surface area contributed by atoms with E-state index in [0.29, 0.717) is 21.0 Å². The molecular formula is C30H33ClF3N3O4S. The number of nitrogens with one attached hydrogen (secondary N) is 1. The van der Waals surface area contributed by atoms with Gasteiger partial charge in [0.05, 0.1) is 16.1 Å². The molecule has 3 rings (SSSR count). The minimum absolute atomic E-state index is 0.0755. The molecule has 2 amide bonds. The Labute approximate surface area is 249 Å². The van der Waals surface area contributed by atoms with Crippen LogP contribution >= 0.6 is 11.6 Å². The van der Waals surface area contributed by atoms with Crippen molar-refractivity contribution < 1.29 is 31.2 Å². The topological polar surface area (TPSA) is 86.8 Å². The highest BCUT2D eigenvalue weighted by atomic mass is 35.5. The van der Waals surface area contributed by atoms with Gasteiger partial charge in [-0.3, -0.25) is 13.9 Å². The van der Waals surface area contributed by atoms with E-state index in [0.717, 1.165) is 12.1 Å². The van der Waals surface area contributed by atoms with Gasteiger partial charge in [-0.25, -0.2) is 8.42 Å². The van der Waals surface area contributed by atoms with E-state index in [4.69, 9.17) is 11.6 Å². The molecule has 0 fully saturated rings. The van der Waals surface area contributed by atoms with Crippen molar-refractivity contribution in [2.45, 2.75) is 63.3 Å². The van der Waals surface area contributed by atoms with Crippen LogP contribution in [0.4, 0.5) is 18.9 Å². The fraction of sp³-hybridized carbons (Fsp3) is 0.333. The number of anilines is 1. The first kappa shape index (κ1) is 32.9. The predicted octanol–water partition coefficient (Wildman–Crippen LogP) is 6.28. The third-order valence-electron chi connectivity index (χ3n) is 6.22. The Balaban J connectivity index is 2.11. The molecule has 226 valence electrons. The normalized spacial score (nSPS) is 12.9. The summed E-state index contributed by atoms with van der Waals surface area (Å²) in [6.07, 6.45) is -4.56. The van der Waals surface area contributed by atoms with Crippen LogP contribution in [0.2, 0.25) is 5.02 Å². The monoisotopic (exact) mass is 623 g/mol. The van der Waals surface area contributed by atoms with Gasteiger partial charge in [-0.1, -0.05) is 54.9 Å². The Bertz CT molecular complexity index is 1490. The molecule has 0 saturated heterocycles. The van der Waals surface area contributed by atoms with Gasteiger partial charge < -0.3 is 10.2 Å². The number of carbonyl (C=O) groups is 2. The predicted molar refractivity (Wildman–Crippen MR) is 156 cm³/mol. The minimum Gasteiger partial charge on any atom is -0.350 e. The minimum atomic E-state index is -4.75. The summed E-state index contributed by atoms with van der Waals surface area (Å²) in [6.45, 7) is 6.12. The van der Waals surface area contributed by atoms with Gasteiger partial charge in [-0.2, -0.15) is 13.2 Å². The van der Waals surface area contributed by atoms with Crippen molar-refractivity contribution in [2.24, 2.45) is 0 Å². The number of sulfonamides is 1. The molecular weight excluding hydrogens is 591 g/mol. The Hall–Kier alpha value is -3.57. The SMILES string of the molecule is CC[C@H](C(=O)NC(C)(C)C)N(Cc1ccc(Cl)cc1)C(=O)CN(c1cccc(C(F)(F)F)c1)S(=O)(=O)c1ccccc1. The van der Waals surface area contributed by atoms with Gasteiger partial charge >= 0.3 is 6.18 Å². The summed E-state index contributed by atoms with van der Waals surface area (Å²) in [7, 11) is -4.50. The number of amides is 2. The molecule has 1 atom stereocenters. The summed E-state index contributed by atoms with van der Waals surface area (Å²) in [5, 5.41) is 3.31. The zero-order valence-corrected chi connectivity index (χ0v) is 25.2. The number of alkyl halides is 3. The molecule has 3 aromatic carbocycles. The summed E-state index contributed by atoms with van der Waals surface area (Å²) in [5.41, 5.74) is -1.43. The maximum atomic E-state index is 14.0. The molecule has 12 heteroatoms. The van der Waals surface area contributed by atoms with Crippen LogP contribution in [-0.2, 0) is 32.3 Å². The highest BCUT2D eigenvalue weighted by molar-refractivity contribution is 7.92. The Morgan fingerprint density at radius 1 is 0.929 bits per heavy atom. The van der Waals surface area contributed by atoms with Crippen molar-refractivity contribution >= 4 is 39.1 Å². The highest BCUT2D eigenvalue weighted by Gasteiger charge is 2.36. The van der Waals surface area contributed by atoms with E-state index in [-0.39, 0.29) is 23.5 Å². The Morgan fingerprint density at radius 2 is 1.55 bits per heavy atom. The van der Waals surface area contributed by atoms with Crippen molar-refractivity contribution in [1.82, 2.24) is 10.2 Å². The van der Waals surface area contributed by atoms with E-state index >= 15 is 0 Å². The lowest BCUT2D eigenvalue weighted by atomic mass is 10.1. The number of nitrogens with zero attached hydrogens (tertiary/aromatic N) is 2. The lowest BCUT2D eigenvalue weighted by molar-refractivity contribution is -0.141. The molecule has 0 bridgehead atoms. The number of benzene rings is 3. The third kappa shape index (κ3) is 8.48. The van der Waals surface area contributed by atoms with E-state index in [2.05, 4.69) is 5.32 Å². The Kier molecular flexibility index (Phi) is 10.3. The molecule has 0 aliphatic rings. The van der Waals surface area contributed by atoms with E-state index in [1.54, 1.807) is 58.0 Å². The van der Waals surface area contributed by atoms with Gasteiger partial charge in [-0.15, -0.1) is 0 Å². The zero-order valence-electron chi connectivity index (χ0n) is 23.7. The fourth-order valence-corrected chi connectivity index (χ4v) is 5.80. The molecule has 0 aliphatic heterocycles. The zero-order chi connectivity index (χ0) is 31.3. The van der Waals surface area contributed by atoms with Crippen LogP contribution in [0, 0.1) is 0 Å². The molecule has 0 radical (unpaired) electrons.